The molecule has 2 aromatic rings. The van der Waals surface area contributed by atoms with Crippen molar-refractivity contribution in [1.82, 2.24) is 0 Å². The molecule has 1 atom stereocenters. The quantitative estimate of drug-likeness (QED) is 0.170. The Hall–Kier alpha value is -1.89. The van der Waals surface area contributed by atoms with Gasteiger partial charge in [-0.15, -0.1) is 0 Å². The molecule has 0 N–H and O–H groups in total. The van der Waals surface area contributed by atoms with Crippen molar-refractivity contribution in [3.63, 3.8) is 0 Å². The number of phosphoric ester groups is 1. The van der Waals surface area contributed by atoms with Gasteiger partial charge in [0.25, 0.3) is 0 Å². The number of aryl methyl sites for hydroxylation is 1. The van der Waals surface area contributed by atoms with Gasteiger partial charge in [-0.3, -0.25) is 13.6 Å². The molecule has 0 amide bonds. The first kappa shape index (κ1) is 32.6. The maximum absolute atomic E-state index is 13.6. The first-order valence-corrected chi connectivity index (χ1v) is 15.8. The molecule has 0 aromatic heterocycles. The van der Waals surface area contributed by atoms with Crippen molar-refractivity contribution in [2.24, 2.45) is 4.99 Å². The number of benzene rings is 2. The lowest BCUT2D eigenvalue weighted by molar-refractivity contribution is -0.00465. The maximum atomic E-state index is 13.6. The molecule has 0 radical (unpaired) electrons. The molecule has 222 valence electrons. The van der Waals surface area contributed by atoms with Crippen LogP contribution in [0.25, 0.3) is 11.1 Å². The highest BCUT2D eigenvalue weighted by molar-refractivity contribution is 7.48. The van der Waals surface area contributed by atoms with E-state index in [4.69, 9.17) is 39.6 Å². The topological polar surface area (TPSA) is 75.6 Å². The fourth-order valence-electron chi connectivity index (χ4n) is 4.22. The highest BCUT2D eigenvalue weighted by Gasteiger charge is 2.43. The van der Waals surface area contributed by atoms with Crippen molar-refractivity contribution in [2.45, 2.75) is 97.8 Å². The van der Waals surface area contributed by atoms with E-state index in [0.717, 1.165) is 36.0 Å². The Labute approximate surface area is 245 Å². The molecule has 0 fully saturated rings. The van der Waals surface area contributed by atoms with E-state index in [1.807, 2.05) is 66.7 Å². The third-order valence-electron chi connectivity index (χ3n) is 6.06. The molecule has 0 bridgehead atoms. The summed E-state index contributed by atoms with van der Waals surface area (Å²) in [5.74, 6) is 1.30. The normalized spacial score (nSPS) is 18.0. The van der Waals surface area contributed by atoms with Gasteiger partial charge in [-0.25, -0.2) is 9.56 Å². The lowest BCUT2D eigenvalue weighted by Crippen LogP contribution is -2.36. The molecule has 1 unspecified atom stereocenters. The average molecular weight is 594 g/mol. The zero-order valence-electron chi connectivity index (χ0n) is 25.2. The summed E-state index contributed by atoms with van der Waals surface area (Å²) in [6, 6.07) is 14.3. The van der Waals surface area contributed by atoms with E-state index in [1.54, 1.807) is 0 Å². The number of aliphatic imine (C=N–C) groups is 1. The van der Waals surface area contributed by atoms with Crippen LogP contribution in [0.2, 0.25) is 5.02 Å². The monoisotopic (exact) mass is 593 g/mol. The van der Waals surface area contributed by atoms with E-state index in [0.29, 0.717) is 36.3 Å². The molecule has 0 saturated heterocycles. The molecule has 1 aliphatic heterocycles. The molecule has 0 spiro atoms. The van der Waals surface area contributed by atoms with Gasteiger partial charge in [-0.05, 0) is 89.6 Å². The number of nitrogens with zero attached hydrogens (tertiary/aromatic N) is 1. The Kier molecular flexibility index (Phi) is 10.9. The Balaban J connectivity index is 1.69. The van der Waals surface area contributed by atoms with Gasteiger partial charge >= 0.3 is 7.82 Å². The van der Waals surface area contributed by atoms with E-state index >= 15 is 0 Å². The van der Waals surface area contributed by atoms with Gasteiger partial charge in [0.1, 0.15) is 17.9 Å². The van der Waals surface area contributed by atoms with Crippen molar-refractivity contribution in [2.75, 3.05) is 19.8 Å². The zero-order valence-corrected chi connectivity index (χ0v) is 26.9. The highest BCUT2D eigenvalue weighted by Crippen LogP contribution is 2.56. The van der Waals surface area contributed by atoms with E-state index < -0.39 is 24.6 Å². The Morgan fingerprint density at radius 1 is 1.00 bits per heavy atom. The van der Waals surface area contributed by atoms with Crippen LogP contribution < -0.4 is 4.74 Å². The van der Waals surface area contributed by atoms with E-state index in [9.17, 15) is 4.57 Å². The van der Waals surface area contributed by atoms with Crippen molar-refractivity contribution in [1.29, 1.82) is 0 Å². The van der Waals surface area contributed by atoms with Crippen molar-refractivity contribution >= 4 is 25.3 Å². The number of halogens is 1. The minimum atomic E-state index is -3.87. The SMILES string of the molecule is CCCCOc1ccc(-c2ccc(CCC3(COP(=O)(OC(C)(C)C)OC(C)(C)C)COC(C)=N3)cc2)cc1Cl. The van der Waals surface area contributed by atoms with E-state index in [-0.39, 0.29) is 6.61 Å². The second-order valence-electron chi connectivity index (χ2n) is 12.3. The van der Waals surface area contributed by atoms with Crippen LogP contribution in [0.1, 0.15) is 80.2 Å². The standard InChI is InChI=1S/C31H45ClNO6P/c1-9-10-19-35-28-16-15-26(20-27(28)32)25-13-11-24(12-14-25)17-18-31(21-36-23(2)33-31)22-37-40(34,38-29(3,4)5)39-30(6,7)8/h11-16,20H,9-10,17-19,21-22H2,1-8H3. The summed E-state index contributed by atoms with van der Waals surface area (Å²) in [5, 5.41) is 0.609. The van der Waals surface area contributed by atoms with Gasteiger partial charge in [0.15, 0.2) is 5.90 Å². The minimum Gasteiger partial charge on any atom is -0.492 e. The second kappa shape index (κ2) is 13.4. The van der Waals surface area contributed by atoms with Gasteiger partial charge in [-0.2, -0.15) is 0 Å². The molecule has 9 heteroatoms. The number of unbranched alkanes of at least 4 members (excludes halogenated alkanes) is 1. The van der Waals surface area contributed by atoms with Gasteiger partial charge in [0.2, 0.25) is 0 Å². The van der Waals surface area contributed by atoms with Crippen molar-refractivity contribution in [3.05, 3.63) is 53.1 Å². The lowest BCUT2D eigenvalue weighted by atomic mass is 9.93. The Morgan fingerprint density at radius 2 is 1.62 bits per heavy atom. The predicted molar refractivity (Wildman–Crippen MR) is 163 cm³/mol. The van der Waals surface area contributed by atoms with Crippen LogP contribution in [0.4, 0.5) is 0 Å². The molecule has 40 heavy (non-hydrogen) atoms. The van der Waals surface area contributed by atoms with Crippen LogP contribution >= 0.6 is 19.4 Å². The number of ether oxygens (including phenoxy) is 2. The second-order valence-corrected chi connectivity index (χ2v) is 14.2. The molecule has 7 nitrogen and oxygen atoms in total. The number of hydrogen-bond donors (Lipinski definition) is 0. The minimum absolute atomic E-state index is 0.0526. The summed E-state index contributed by atoms with van der Waals surface area (Å²) < 4.78 is 42.6. The average Bonchev–Trinajstić information content (AvgIpc) is 3.22. The first-order valence-electron chi connectivity index (χ1n) is 14.0. The fraction of sp³-hybridized carbons (Fsp3) is 0.581. The van der Waals surface area contributed by atoms with Crippen LogP contribution in [-0.2, 0) is 29.3 Å². The summed E-state index contributed by atoms with van der Waals surface area (Å²) in [6.45, 7) is 15.9. The largest absolute Gasteiger partial charge is 0.492 e. The molecule has 1 heterocycles. The van der Waals surface area contributed by atoms with Crippen molar-refractivity contribution in [3.8, 4) is 16.9 Å². The Morgan fingerprint density at radius 3 is 2.15 bits per heavy atom. The van der Waals surface area contributed by atoms with Gasteiger partial charge in [-0.1, -0.05) is 55.3 Å². The highest BCUT2D eigenvalue weighted by atomic mass is 35.5. The number of phosphoric acid groups is 1. The smallest absolute Gasteiger partial charge is 0.475 e. The van der Waals surface area contributed by atoms with Crippen LogP contribution in [0.5, 0.6) is 5.75 Å². The summed E-state index contributed by atoms with van der Waals surface area (Å²) in [4.78, 5) is 4.75. The molecule has 0 aliphatic carbocycles. The van der Waals surface area contributed by atoms with Crippen LogP contribution in [0.15, 0.2) is 47.5 Å². The first-order chi connectivity index (χ1) is 18.6. The molecule has 0 saturated carbocycles. The maximum Gasteiger partial charge on any atom is 0.475 e. The lowest BCUT2D eigenvalue weighted by Gasteiger charge is -2.33. The van der Waals surface area contributed by atoms with E-state index in [1.165, 1.54) is 0 Å². The fourth-order valence-corrected chi connectivity index (χ4v) is 6.34. The molecule has 2 aromatic carbocycles. The molecular formula is C31H45ClNO6P. The Bertz CT molecular complexity index is 1180. The number of rotatable bonds is 13. The van der Waals surface area contributed by atoms with Crippen LogP contribution in [-0.4, -0.2) is 42.5 Å². The summed E-state index contributed by atoms with van der Waals surface area (Å²) in [7, 11) is -3.87. The molecular weight excluding hydrogens is 549 g/mol. The van der Waals surface area contributed by atoms with Crippen LogP contribution in [0, 0.1) is 0 Å². The van der Waals surface area contributed by atoms with Crippen molar-refractivity contribution < 1.29 is 27.6 Å². The summed E-state index contributed by atoms with van der Waals surface area (Å²) in [5.41, 5.74) is 1.13. The van der Waals surface area contributed by atoms with Gasteiger partial charge < -0.3 is 9.47 Å². The van der Waals surface area contributed by atoms with Gasteiger partial charge in [0.05, 0.1) is 29.4 Å². The molecule has 3 rings (SSSR count). The third kappa shape index (κ3) is 10.2. The van der Waals surface area contributed by atoms with Gasteiger partial charge in [0, 0.05) is 6.92 Å². The molecule has 1 aliphatic rings. The third-order valence-corrected chi connectivity index (χ3v) is 8.34. The van der Waals surface area contributed by atoms with Crippen LogP contribution in [0.3, 0.4) is 0 Å². The summed E-state index contributed by atoms with van der Waals surface area (Å²) in [6.07, 6.45) is 3.45. The zero-order chi connectivity index (χ0) is 29.6. The number of hydrogen-bond acceptors (Lipinski definition) is 7. The predicted octanol–water partition coefficient (Wildman–Crippen LogP) is 9.06. The summed E-state index contributed by atoms with van der Waals surface area (Å²) >= 11 is 6.47. The van der Waals surface area contributed by atoms with E-state index in [2.05, 4.69) is 31.2 Å².